The lowest BCUT2D eigenvalue weighted by atomic mass is 10.2. The first-order valence-corrected chi connectivity index (χ1v) is 8.80. The van der Waals surface area contributed by atoms with Crippen molar-refractivity contribution in [3.63, 3.8) is 0 Å². The average molecular weight is 413 g/mol. The van der Waals surface area contributed by atoms with E-state index in [1.807, 2.05) is 0 Å². The van der Waals surface area contributed by atoms with Crippen LogP contribution in [0.4, 0.5) is 5.69 Å². The Bertz CT molecular complexity index is 942. The number of ether oxygens (including phenoxy) is 4. The molecule has 2 amide bonds. The maximum Gasteiger partial charge on any atom is 0.329 e. The molecule has 158 valence electrons. The normalized spacial score (nSPS) is 10.2. The van der Waals surface area contributed by atoms with Crippen LogP contribution in [0.25, 0.3) is 0 Å². The van der Waals surface area contributed by atoms with E-state index in [2.05, 4.69) is 22.4 Å². The molecular formula is C21H23N3O6. The average Bonchev–Trinajstić information content (AvgIpc) is 2.77. The zero-order chi connectivity index (χ0) is 21.9. The summed E-state index contributed by atoms with van der Waals surface area (Å²) in [5.41, 5.74) is 3.09. The molecular weight excluding hydrogens is 390 g/mol. The minimum atomic E-state index is -0.950. The molecule has 0 saturated heterocycles. The molecule has 0 aliphatic rings. The zero-order valence-corrected chi connectivity index (χ0v) is 16.9. The smallest absolute Gasteiger partial charge is 0.329 e. The van der Waals surface area contributed by atoms with Gasteiger partial charge < -0.3 is 24.3 Å². The van der Waals surface area contributed by atoms with Crippen LogP contribution in [0.1, 0.15) is 5.56 Å². The second kappa shape index (κ2) is 11.1. The summed E-state index contributed by atoms with van der Waals surface area (Å²) in [4.78, 5) is 24.2. The molecule has 0 saturated carbocycles. The second-order valence-electron chi connectivity index (χ2n) is 5.73. The van der Waals surface area contributed by atoms with Crippen molar-refractivity contribution in [2.45, 2.75) is 0 Å². The molecule has 2 rings (SSSR count). The van der Waals surface area contributed by atoms with Crippen molar-refractivity contribution in [2.24, 2.45) is 5.10 Å². The topological polar surface area (TPSA) is 107 Å². The van der Waals surface area contributed by atoms with E-state index in [4.69, 9.17) is 18.9 Å². The molecule has 0 unspecified atom stereocenters. The number of hydrogen-bond acceptors (Lipinski definition) is 7. The molecule has 0 spiro atoms. The number of hydrogen-bond donors (Lipinski definition) is 2. The lowest BCUT2D eigenvalue weighted by Crippen LogP contribution is -2.32. The van der Waals surface area contributed by atoms with E-state index in [-0.39, 0.29) is 0 Å². The van der Waals surface area contributed by atoms with Crippen LogP contribution < -0.4 is 29.7 Å². The van der Waals surface area contributed by atoms with E-state index in [9.17, 15) is 9.59 Å². The van der Waals surface area contributed by atoms with Crippen LogP contribution in [-0.2, 0) is 9.59 Å². The summed E-state index contributed by atoms with van der Waals surface area (Å²) in [6.07, 6.45) is 2.99. The van der Waals surface area contributed by atoms with Gasteiger partial charge in [0, 0.05) is 6.07 Å². The van der Waals surface area contributed by atoms with Crippen LogP contribution in [0, 0.1) is 0 Å². The summed E-state index contributed by atoms with van der Waals surface area (Å²) >= 11 is 0. The number of amides is 2. The first kappa shape index (κ1) is 22.3. The van der Waals surface area contributed by atoms with Gasteiger partial charge in [-0.15, -0.1) is 0 Å². The first-order valence-electron chi connectivity index (χ1n) is 8.80. The number of nitrogens with zero attached hydrogens (tertiary/aromatic N) is 1. The molecule has 0 fully saturated rings. The largest absolute Gasteiger partial charge is 0.497 e. The molecule has 9 nitrogen and oxygen atoms in total. The fraction of sp³-hybridized carbons (Fsp3) is 0.190. The van der Waals surface area contributed by atoms with E-state index in [0.717, 1.165) is 0 Å². The highest BCUT2D eigenvalue weighted by Gasteiger charge is 2.16. The highest BCUT2D eigenvalue weighted by molar-refractivity contribution is 6.39. The summed E-state index contributed by atoms with van der Waals surface area (Å²) in [6, 6.07) is 9.91. The van der Waals surface area contributed by atoms with Crippen LogP contribution in [0.15, 0.2) is 54.2 Å². The molecule has 0 heterocycles. The monoisotopic (exact) mass is 413 g/mol. The lowest BCUT2D eigenvalue weighted by molar-refractivity contribution is -0.136. The summed E-state index contributed by atoms with van der Waals surface area (Å²) in [7, 11) is 4.45. The third-order valence-corrected chi connectivity index (χ3v) is 3.79. The number of benzene rings is 2. The summed E-state index contributed by atoms with van der Waals surface area (Å²) in [6.45, 7) is 3.93. The molecule has 0 aliphatic carbocycles. The van der Waals surface area contributed by atoms with Gasteiger partial charge in [-0.05, 0) is 35.9 Å². The quantitative estimate of drug-likeness (QED) is 0.283. The van der Waals surface area contributed by atoms with Crippen LogP contribution in [-0.4, -0.2) is 46.0 Å². The summed E-state index contributed by atoms with van der Waals surface area (Å²) in [5.74, 6) is 0.0592. The number of carbonyl (C=O) groups excluding carboxylic acids is 2. The van der Waals surface area contributed by atoms with Gasteiger partial charge in [-0.25, -0.2) is 5.43 Å². The van der Waals surface area contributed by atoms with E-state index >= 15 is 0 Å². The second-order valence-corrected chi connectivity index (χ2v) is 5.73. The summed E-state index contributed by atoms with van der Waals surface area (Å²) in [5, 5.41) is 6.25. The molecule has 2 aromatic rings. The number of carbonyl (C=O) groups is 2. The Hall–Kier alpha value is -4.01. The van der Waals surface area contributed by atoms with Crippen molar-refractivity contribution in [3.05, 3.63) is 54.6 Å². The van der Waals surface area contributed by atoms with Gasteiger partial charge in [0.2, 0.25) is 0 Å². The van der Waals surface area contributed by atoms with Gasteiger partial charge in [0.1, 0.15) is 18.1 Å². The van der Waals surface area contributed by atoms with Gasteiger partial charge >= 0.3 is 11.8 Å². The Kier molecular flexibility index (Phi) is 8.25. The molecule has 0 bridgehead atoms. The predicted octanol–water partition coefficient (Wildman–Crippen LogP) is 2.37. The zero-order valence-electron chi connectivity index (χ0n) is 16.9. The molecule has 9 heteroatoms. The maximum absolute atomic E-state index is 12.1. The molecule has 0 aromatic heterocycles. The maximum atomic E-state index is 12.1. The number of anilines is 1. The van der Waals surface area contributed by atoms with Crippen LogP contribution in [0.3, 0.4) is 0 Å². The molecule has 0 radical (unpaired) electrons. The molecule has 0 atom stereocenters. The fourth-order valence-corrected chi connectivity index (χ4v) is 2.34. The molecule has 30 heavy (non-hydrogen) atoms. The number of rotatable bonds is 9. The van der Waals surface area contributed by atoms with Gasteiger partial charge in [0.25, 0.3) is 0 Å². The van der Waals surface area contributed by atoms with Crippen molar-refractivity contribution in [3.8, 4) is 23.0 Å². The van der Waals surface area contributed by atoms with Crippen LogP contribution in [0.2, 0.25) is 0 Å². The Morgan fingerprint density at radius 2 is 1.70 bits per heavy atom. The number of methoxy groups -OCH3 is 3. The SMILES string of the molecule is C=CCOc1ccc(/C=N/NC(=O)C(=O)Nc2cc(OC)ccc2OC)cc1OC. The van der Waals surface area contributed by atoms with Gasteiger partial charge in [0.05, 0.1) is 33.2 Å². The third-order valence-electron chi connectivity index (χ3n) is 3.79. The van der Waals surface area contributed by atoms with Gasteiger partial charge in [-0.2, -0.15) is 5.10 Å². The Labute approximate surface area is 174 Å². The molecule has 2 N–H and O–H groups in total. The van der Waals surface area contributed by atoms with Crippen LogP contribution >= 0.6 is 0 Å². The Morgan fingerprint density at radius 1 is 0.967 bits per heavy atom. The number of hydrazone groups is 1. The minimum Gasteiger partial charge on any atom is -0.497 e. The van der Waals surface area contributed by atoms with Gasteiger partial charge in [0.15, 0.2) is 11.5 Å². The van der Waals surface area contributed by atoms with Crippen molar-refractivity contribution < 1.29 is 28.5 Å². The Morgan fingerprint density at radius 3 is 2.37 bits per heavy atom. The first-order chi connectivity index (χ1) is 14.5. The van der Waals surface area contributed by atoms with Gasteiger partial charge in [-0.3, -0.25) is 9.59 Å². The van der Waals surface area contributed by atoms with Crippen molar-refractivity contribution in [1.29, 1.82) is 0 Å². The standard InChI is InChI=1S/C21H23N3O6/c1-5-10-30-18-8-6-14(11-19(18)29-4)13-22-24-21(26)20(25)23-16-12-15(27-2)7-9-17(16)28-3/h5-9,11-13H,1,10H2,2-4H3,(H,23,25)(H,24,26)/b22-13+. The fourth-order valence-electron chi connectivity index (χ4n) is 2.34. The molecule has 2 aromatic carbocycles. The highest BCUT2D eigenvalue weighted by atomic mass is 16.5. The summed E-state index contributed by atoms with van der Waals surface area (Å²) < 4.78 is 21.0. The van der Waals surface area contributed by atoms with E-state index < -0.39 is 11.8 Å². The van der Waals surface area contributed by atoms with Crippen molar-refractivity contribution >= 4 is 23.7 Å². The predicted molar refractivity (Wildman–Crippen MR) is 113 cm³/mol. The third kappa shape index (κ3) is 5.99. The van der Waals surface area contributed by atoms with Crippen molar-refractivity contribution in [2.75, 3.05) is 33.3 Å². The Balaban J connectivity index is 2.00. The number of nitrogens with one attached hydrogen (secondary N) is 2. The highest BCUT2D eigenvalue weighted by Crippen LogP contribution is 2.29. The van der Waals surface area contributed by atoms with E-state index in [1.165, 1.54) is 33.6 Å². The van der Waals surface area contributed by atoms with Crippen LogP contribution in [0.5, 0.6) is 23.0 Å². The van der Waals surface area contributed by atoms with E-state index in [0.29, 0.717) is 40.9 Å². The molecule has 0 aliphatic heterocycles. The van der Waals surface area contributed by atoms with E-state index in [1.54, 1.807) is 36.4 Å². The van der Waals surface area contributed by atoms with Gasteiger partial charge in [-0.1, -0.05) is 12.7 Å². The minimum absolute atomic E-state index is 0.292. The lowest BCUT2D eigenvalue weighted by Gasteiger charge is -2.11. The van der Waals surface area contributed by atoms with Crippen molar-refractivity contribution in [1.82, 2.24) is 5.43 Å².